The minimum atomic E-state index is -4.70. The summed E-state index contributed by atoms with van der Waals surface area (Å²) >= 11 is 0. The van der Waals surface area contributed by atoms with Crippen molar-refractivity contribution < 1.29 is 38.9 Å². The van der Waals surface area contributed by atoms with Gasteiger partial charge in [-0.3, -0.25) is 4.55 Å². The molecule has 0 aromatic heterocycles. The van der Waals surface area contributed by atoms with Gasteiger partial charge in [0.05, 0.1) is 18.0 Å². The van der Waals surface area contributed by atoms with E-state index in [1.165, 1.54) is 12.1 Å². The molecule has 270 valence electrons. The van der Waals surface area contributed by atoms with E-state index in [0.29, 0.717) is 22.3 Å². The molecule has 0 aliphatic rings. The van der Waals surface area contributed by atoms with Crippen molar-refractivity contribution in [3.63, 3.8) is 0 Å². The van der Waals surface area contributed by atoms with Crippen LogP contribution < -0.4 is 7.78 Å². The van der Waals surface area contributed by atoms with Gasteiger partial charge in [-0.2, -0.15) is 16.2 Å². The zero-order valence-corrected chi connectivity index (χ0v) is 30.5. The number of benzene rings is 5. The first-order valence-corrected chi connectivity index (χ1v) is 20.3. The first-order valence-electron chi connectivity index (χ1n) is 16.1. The van der Waals surface area contributed by atoms with E-state index in [0.717, 1.165) is 0 Å². The molecule has 0 fully saturated rings. The van der Waals surface area contributed by atoms with Crippen molar-refractivity contribution in [1.29, 1.82) is 0 Å². The Kier molecular flexibility index (Phi) is 13.1. The molecule has 0 aliphatic heterocycles. The molecule has 0 heterocycles. The SMILES string of the molecule is CC[N+](Cc1ccccc1)(c1ccc(C(c2ccc([N+](CC)(Cc3ccccc3)S(=O)(=O)O)cc2)c2ccccc2S(=O)(=O)O)cc1)S(=O)(=O)O.[NaH]. The molecule has 0 saturated heterocycles. The second kappa shape index (κ2) is 16.4. The average Bonchev–Trinajstić information content (AvgIpc) is 3.10. The van der Waals surface area contributed by atoms with Crippen LogP contribution in [0, 0.1) is 0 Å². The van der Waals surface area contributed by atoms with Crippen LogP contribution in [-0.4, -0.2) is 81.6 Å². The van der Waals surface area contributed by atoms with Crippen LogP contribution in [0.1, 0.15) is 47.6 Å². The molecule has 0 aliphatic carbocycles. The van der Waals surface area contributed by atoms with E-state index in [4.69, 9.17) is 0 Å². The van der Waals surface area contributed by atoms with Gasteiger partial charge in [-0.05, 0) is 36.6 Å². The average molecular weight is 777 g/mol. The molecule has 11 nitrogen and oxygen atoms in total. The quantitative estimate of drug-likeness (QED) is 0.0522. The molecule has 3 N–H and O–H groups in total. The van der Waals surface area contributed by atoms with Gasteiger partial charge in [0.15, 0.2) is 0 Å². The predicted molar refractivity (Wildman–Crippen MR) is 205 cm³/mol. The summed E-state index contributed by atoms with van der Waals surface area (Å²) in [7, 11) is -14.1. The van der Waals surface area contributed by atoms with Crippen molar-refractivity contribution in [3.8, 4) is 0 Å². The third kappa shape index (κ3) is 8.43. The Balaban J connectivity index is 0.00000605. The second-order valence-corrected chi connectivity index (χ2v) is 16.8. The Morgan fingerprint density at radius 3 is 1.17 bits per heavy atom. The van der Waals surface area contributed by atoms with Crippen LogP contribution >= 0.6 is 0 Å². The van der Waals surface area contributed by atoms with Crippen molar-refractivity contribution in [2.75, 3.05) is 13.1 Å². The van der Waals surface area contributed by atoms with Crippen LogP contribution in [-0.2, 0) is 43.8 Å². The van der Waals surface area contributed by atoms with Crippen molar-refractivity contribution >= 4 is 71.7 Å². The maximum atomic E-state index is 13.0. The standard InChI is InChI=1S/C37H38N2O9S3.Na.H/c1-3-38(50(43,44)45,27-29-13-7-5-8-14-29)33-23-19-31(20-24-33)37(35-17-11-12-18-36(35)49(40,41)42)32-21-25-34(26-22-32)39(4-2,51(46,47)48)28-30-15-9-6-10-16-30;;/h5-26,37H,3-4,27-28H2,1-2H3,(H-2,40,41,42,43,44,45,46,47,48);;/p+2. The van der Waals surface area contributed by atoms with E-state index in [-0.39, 0.29) is 77.6 Å². The fourth-order valence-corrected chi connectivity index (χ4v) is 9.45. The summed E-state index contributed by atoms with van der Waals surface area (Å²) in [5.74, 6) is -0.849. The molecule has 2 atom stereocenters. The Morgan fingerprint density at radius 1 is 0.500 bits per heavy atom. The van der Waals surface area contributed by atoms with Gasteiger partial charge in [0, 0.05) is 41.3 Å². The summed E-state index contributed by atoms with van der Waals surface area (Å²) < 4.78 is 107. The molecular weight excluding hydrogens is 736 g/mol. The molecule has 0 bridgehead atoms. The van der Waals surface area contributed by atoms with Crippen LogP contribution in [0.5, 0.6) is 0 Å². The van der Waals surface area contributed by atoms with Crippen LogP contribution in [0.2, 0.25) is 0 Å². The van der Waals surface area contributed by atoms with Gasteiger partial charge in [0.1, 0.15) is 24.5 Å². The predicted octanol–water partition coefficient (Wildman–Crippen LogP) is 6.13. The van der Waals surface area contributed by atoms with Crippen LogP contribution in [0.3, 0.4) is 0 Å². The van der Waals surface area contributed by atoms with Crippen molar-refractivity contribution in [3.05, 3.63) is 161 Å². The van der Waals surface area contributed by atoms with Crippen LogP contribution in [0.25, 0.3) is 0 Å². The van der Waals surface area contributed by atoms with Crippen molar-refractivity contribution in [2.24, 2.45) is 0 Å². The van der Waals surface area contributed by atoms with E-state index >= 15 is 0 Å². The van der Waals surface area contributed by atoms with Crippen molar-refractivity contribution in [1.82, 2.24) is 7.78 Å². The van der Waals surface area contributed by atoms with Crippen LogP contribution in [0.15, 0.2) is 138 Å². The van der Waals surface area contributed by atoms with Gasteiger partial charge in [-0.1, -0.05) is 103 Å². The Labute approximate surface area is 328 Å². The van der Waals surface area contributed by atoms with E-state index in [1.54, 1.807) is 135 Å². The summed E-state index contributed by atoms with van der Waals surface area (Å²) in [6.45, 7) is 3.18. The van der Waals surface area contributed by atoms with E-state index < -0.39 is 44.4 Å². The molecule has 5 aromatic carbocycles. The van der Waals surface area contributed by atoms with Crippen LogP contribution in [0.4, 0.5) is 11.4 Å². The van der Waals surface area contributed by atoms with E-state index in [1.807, 2.05) is 0 Å². The number of hydrogen-bond acceptors (Lipinski definition) is 6. The molecule has 0 amide bonds. The Hall–Kier alpha value is -3.25. The molecule has 0 spiro atoms. The zero-order chi connectivity index (χ0) is 37.1. The molecule has 15 heteroatoms. The molecular formula is C37H41N2NaO9S3+2. The second-order valence-electron chi connectivity index (χ2n) is 12.2. The Morgan fingerprint density at radius 2 is 0.846 bits per heavy atom. The Bertz CT molecular complexity index is 2180. The molecule has 0 saturated carbocycles. The van der Waals surface area contributed by atoms with E-state index in [2.05, 4.69) is 0 Å². The molecule has 52 heavy (non-hydrogen) atoms. The summed E-state index contributed by atoms with van der Waals surface area (Å²) in [6, 6.07) is 36.4. The molecule has 5 aromatic rings. The van der Waals surface area contributed by atoms with Gasteiger partial charge in [0.2, 0.25) is 0 Å². The zero-order valence-electron chi connectivity index (χ0n) is 28.0. The fraction of sp³-hybridized carbons (Fsp3) is 0.189. The molecule has 0 radical (unpaired) electrons. The summed E-state index contributed by atoms with van der Waals surface area (Å²) in [6.07, 6.45) is 0. The number of hydrogen-bond donors (Lipinski definition) is 3. The third-order valence-corrected chi connectivity index (χ3v) is 13.3. The minimum absolute atomic E-state index is 0. The first kappa shape index (κ1) is 41.5. The van der Waals surface area contributed by atoms with E-state index in [9.17, 15) is 38.9 Å². The van der Waals surface area contributed by atoms with Gasteiger partial charge >= 0.3 is 50.2 Å². The van der Waals surface area contributed by atoms with Gasteiger partial charge in [-0.25, -0.2) is 9.11 Å². The van der Waals surface area contributed by atoms with Gasteiger partial charge in [0.25, 0.3) is 10.1 Å². The molecule has 5 rings (SSSR count). The monoisotopic (exact) mass is 776 g/mol. The van der Waals surface area contributed by atoms with Gasteiger partial charge < -0.3 is 0 Å². The first-order chi connectivity index (χ1) is 24.1. The maximum absolute atomic E-state index is 13.0. The topological polar surface area (TPSA) is 163 Å². The summed E-state index contributed by atoms with van der Waals surface area (Å²) in [4.78, 5) is -0.343. The number of quaternary nitrogens is 2. The number of nitrogens with zero attached hydrogens (tertiary/aromatic N) is 2. The summed E-state index contributed by atoms with van der Waals surface area (Å²) in [5.41, 5.74) is 3.14. The number of rotatable bonds is 14. The normalized spacial score (nSPS) is 15.1. The van der Waals surface area contributed by atoms with Gasteiger partial charge in [-0.15, -0.1) is 16.8 Å². The fourth-order valence-electron chi connectivity index (χ4n) is 6.67. The third-order valence-electron chi connectivity index (χ3n) is 9.37. The summed E-state index contributed by atoms with van der Waals surface area (Å²) in [5, 5.41) is 0. The van der Waals surface area contributed by atoms with Crippen molar-refractivity contribution in [2.45, 2.75) is 37.8 Å². The molecule has 2 unspecified atom stereocenters.